The number of nitrogens with one attached hydrogen (secondary N) is 1. The minimum atomic E-state index is -0.167. The van der Waals surface area contributed by atoms with Crippen LogP contribution in [0, 0.1) is 11.8 Å². The molecule has 0 saturated heterocycles. The molecule has 1 aromatic rings. The molecule has 2 N–H and O–H groups in total. The Balaban J connectivity index is 2.49. The number of carbonyl (C=O) groups is 1. The molecule has 1 amide bonds. The molecule has 0 aromatic carbocycles. The van der Waals surface area contributed by atoms with Crippen molar-refractivity contribution in [3.05, 3.63) is 28.5 Å². The zero-order chi connectivity index (χ0) is 14.3. The average molecular weight is 329 g/mol. The Morgan fingerprint density at radius 1 is 1.47 bits per heavy atom. The molecule has 106 valence electrons. The smallest absolute Gasteiger partial charge is 0.269 e. The Labute approximate surface area is 122 Å². The number of aliphatic hydroxyl groups excluding tert-OH is 1. The van der Waals surface area contributed by atoms with Gasteiger partial charge in [0.15, 0.2) is 0 Å². The fourth-order valence-corrected chi connectivity index (χ4v) is 2.22. The second-order valence-corrected chi connectivity index (χ2v) is 6.00. The number of rotatable bonds is 7. The molecule has 0 aliphatic carbocycles. The Morgan fingerprint density at radius 3 is 2.74 bits per heavy atom. The van der Waals surface area contributed by atoms with E-state index in [-0.39, 0.29) is 12.5 Å². The van der Waals surface area contributed by atoms with Crippen molar-refractivity contribution in [1.29, 1.82) is 0 Å². The van der Waals surface area contributed by atoms with Gasteiger partial charge in [-0.1, -0.05) is 13.8 Å². The lowest BCUT2D eigenvalue weighted by Gasteiger charge is -2.18. The van der Waals surface area contributed by atoms with E-state index < -0.39 is 0 Å². The van der Waals surface area contributed by atoms with Crippen LogP contribution < -0.4 is 5.32 Å². The van der Waals surface area contributed by atoms with Gasteiger partial charge in [-0.15, -0.1) is 0 Å². The van der Waals surface area contributed by atoms with E-state index in [0.717, 1.165) is 10.9 Å². The van der Waals surface area contributed by atoms with Crippen molar-refractivity contribution in [3.63, 3.8) is 0 Å². The van der Waals surface area contributed by atoms with Crippen molar-refractivity contribution in [1.82, 2.24) is 10.3 Å². The first-order valence-corrected chi connectivity index (χ1v) is 7.32. The third-order valence-electron chi connectivity index (χ3n) is 2.85. The monoisotopic (exact) mass is 328 g/mol. The van der Waals surface area contributed by atoms with Crippen molar-refractivity contribution in [2.45, 2.75) is 26.7 Å². The van der Waals surface area contributed by atoms with Gasteiger partial charge in [-0.3, -0.25) is 4.79 Å². The maximum atomic E-state index is 11.9. The molecule has 0 radical (unpaired) electrons. The zero-order valence-corrected chi connectivity index (χ0v) is 13.0. The topological polar surface area (TPSA) is 62.2 Å². The summed E-state index contributed by atoms with van der Waals surface area (Å²) in [5.74, 6) is 0.697. The molecule has 0 aliphatic rings. The molecular weight excluding hydrogens is 308 g/mol. The summed E-state index contributed by atoms with van der Waals surface area (Å²) in [5.41, 5.74) is 0.412. The number of pyridine rings is 1. The Morgan fingerprint density at radius 2 is 2.21 bits per heavy atom. The fraction of sp³-hybridized carbons (Fsp3) is 0.571. The normalized spacial score (nSPS) is 12.5. The summed E-state index contributed by atoms with van der Waals surface area (Å²) in [6, 6.07) is 3.48. The van der Waals surface area contributed by atoms with Crippen LogP contribution in [-0.2, 0) is 0 Å². The molecule has 0 aliphatic heterocycles. The number of halogens is 1. The number of amides is 1. The Kier molecular flexibility index (Phi) is 7.02. The summed E-state index contributed by atoms with van der Waals surface area (Å²) in [5, 5.41) is 11.9. The Bertz CT molecular complexity index is 393. The van der Waals surface area contributed by atoms with E-state index in [1.807, 2.05) is 0 Å². The molecule has 0 fully saturated rings. The van der Waals surface area contributed by atoms with Gasteiger partial charge in [-0.25, -0.2) is 4.98 Å². The van der Waals surface area contributed by atoms with Gasteiger partial charge in [0.05, 0.1) is 0 Å². The van der Waals surface area contributed by atoms with E-state index >= 15 is 0 Å². The quantitative estimate of drug-likeness (QED) is 0.808. The van der Waals surface area contributed by atoms with Gasteiger partial charge < -0.3 is 10.4 Å². The SMILES string of the molecule is CC(C)CC(CCO)CNC(=O)c1ccc(Br)cn1. The van der Waals surface area contributed by atoms with Crippen molar-refractivity contribution >= 4 is 21.8 Å². The van der Waals surface area contributed by atoms with Crippen molar-refractivity contribution < 1.29 is 9.90 Å². The maximum absolute atomic E-state index is 11.9. The van der Waals surface area contributed by atoms with Crippen LogP contribution >= 0.6 is 15.9 Å². The van der Waals surface area contributed by atoms with E-state index in [9.17, 15) is 4.79 Å². The van der Waals surface area contributed by atoms with Crippen molar-refractivity contribution in [2.75, 3.05) is 13.2 Å². The number of aliphatic hydroxyl groups is 1. The van der Waals surface area contributed by atoms with Crippen molar-refractivity contribution in [2.24, 2.45) is 11.8 Å². The number of hydrogen-bond donors (Lipinski definition) is 2. The standard InChI is InChI=1S/C14H21BrN2O2/c1-10(2)7-11(5-6-18)8-17-14(19)13-4-3-12(15)9-16-13/h3-4,9-11,18H,5-8H2,1-2H3,(H,17,19). The molecule has 1 atom stereocenters. The molecule has 1 unspecified atom stereocenters. The molecule has 4 nitrogen and oxygen atoms in total. The van der Waals surface area contributed by atoms with Gasteiger partial charge in [0, 0.05) is 23.8 Å². The first-order valence-electron chi connectivity index (χ1n) is 6.53. The maximum Gasteiger partial charge on any atom is 0.269 e. The van der Waals surface area contributed by atoms with E-state index in [4.69, 9.17) is 5.11 Å². The minimum Gasteiger partial charge on any atom is -0.396 e. The zero-order valence-electron chi connectivity index (χ0n) is 11.4. The van der Waals surface area contributed by atoms with Gasteiger partial charge in [-0.05, 0) is 52.7 Å². The van der Waals surface area contributed by atoms with Gasteiger partial charge in [-0.2, -0.15) is 0 Å². The van der Waals surface area contributed by atoms with Crippen LogP contribution in [0.3, 0.4) is 0 Å². The van der Waals surface area contributed by atoms with Crippen LogP contribution in [0.25, 0.3) is 0 Å². The molecule has 1 rings (SSSR count). The molecule has 0 saturated carbocycles. The Hall–Kier alpha value is -0.940. The molecule has 0 bridgehead atoms. The van der Waals surface area contributed by atoms with Crippen LogP contribution in [0.1, 0.15) is 37.2 Å². The average Bonchev–Trinajstić information content (AvgIpc) is 2.36. The molecule has 5 heteroatoms. The summed E-state index contributed by atoms with van der Waals surface area (Å²) in [6.07, 6.45) is 3.31. The van der Waals surface area contributed by atoms with E-state index in [2.05, 4.69) is 40.1 Å². The van der Waals surface area contributed by atoms with E-state index in [0.29, 0.717) is 30.5 Å². The summed E-state index contributed by atoms with van der Waals surface area (Å²) in [4.78, 5) is 16.0. The fourth-order valence-electron chi connectivity index (χ4n) is 1.99. The summed E-state index contributed by atoms with van der Waals surface area (Å²) in [7, 11) is 0. The van der Waals surface area contributed by atoms with Gasteiger partial charge in [0.25, 0.3) is 5.91 Å². The predicted molar refractivity (Wildman–Crippen MR) is 78.9 cm³/mol. The number of carbonyl (C=O) groups excluding carboxylic acids is 1. The molecular formula is C14H21BrN2O2. The highest BCUT2D eigenvalue weighted by atomic mass is 79.9. The molecule has 1 aromatic heterocycles. The number of nitrogens with zero attached hydrogens (tertiary/aromatic N) is 1. The summed E-state index contributed by atoms with van der Waals surface area (Å²) >= 11 is 3.28. The predicted octanol–water partition coefficient (Wildman–Crippen LogP) is 2.62. The molecule has 1 heterocycles. The second kappa shape index (κ2) is 8.27. The molecule has 19 heavy (non-hydrogen) atoms. The summed E-state index contributed by atoms with van der Waals surface area (Å²) in [6.45, 7) is 5.02. The number of aromatic nitrogens is 1. The lowest BCUT2D eigenvalue weighted by atomic mass is 9.94. The first kappa shape index (κ1) is 16.1. The third kappa shape index (κ3) is 6.16. The molecule has 0 spiro atoms. The highest BCUT2D eigenvalue weighted by molar-refractivity contribution is 9.10. The van der Waals surface area contributed by atoms with Crippen LogP contribution in [0.5, 0.6) is 0 Å². The largest absolute Gasteiger partial charge is 0.396 e. The van der Waals surface area contributed by atoms with Crippen LogP contribution in [0.2, 0.25) is 0 Å². The number of hydrogen-bond acceptors (Lipinski definition) is 3. The first-order chi connectivity index (χ1) is 9.02. The highest BCUT2D eigenvalue weighted by Gasteiger charge is 2.13. The summed E-state index contributed by atoms with van der Waals surface area (Å²) < 4.78 is 0.849. The lowest BCUT2D eigenvalue weighted by molar-refractivity contribution is 0.0936. The third-order valence-corrected chi connectivity index (χ3v) is 3.32. The minimum absolute atomic E-state index is 0.157. The second-order valence-electron chi connectivity index (χ2n) is 5.08. The van der Waals surface area contributed by atoms with Crippen LogP contribution in [-0.4, -0.2) is 29.1 Å². The lowest BCUT2D eigenvalue weighted by Crippen LogP contribution is -2.31. The van der Waals surface area contributed by atoms with Gasteiger partial charge >= 0.3 is 0 Å². The van der Waals surface area contributed by atoms with E-state index in [1.54, 1.807) is 18.3 Å². The van der Waals surface area contributed by atoms with Crippen LogP contribution in [0.4, 0.5) is 0 Å². The highest BCUT2D eigenvalue weighted by Crippen LogP contribution is 2.14. The van der Waals surface area contributed by atoms with Crippen LogP contribution in [0.15, 0.2) is 22.8 Å². The van der Waals surface area contributed by atoms with Gasteiger partial charge in [0.1, 0.15) is 5.69 Å². The van der Waals surface area contributed by atoms with E-state index in [1.165, 1.54) is 0 Å². The van der Waals surface area contributed by atoms with Gasteiger partial charge in [0.2, 0.25) is 0 Å². The van der Waals surface area contributed by atoms with Crippen molar-refractivity contribution in [3.8, 4) is 0 Å².